The van der Waals surface area contributed by atoms with Crippen LogP contribution in [0.4, 0.5) is 5.95 Å². The molecule has 0 aromatic carbocycles. The van der Waals surface area contributed by atoms with Crippen LogP contribution < -0.4 is 10.6 Å². The number of carbonyl (C=O) groups excluding carboxylic acids is 1. The minimum Gasteiger partial charge on any atom is -0.353 e. The molecule has 1 aliphatic carbocycles. The number of sulfonamides is 1. The molecule has 1 saturated carbocycles. The number of hydrogen-bond donors (Lipinski definition) is 2. The Morgan fingerprint density at radius 2 is 2.21 bits per heavy atom. The molecule has 4 rings (SSSR count). The number of fused-ring (bicyclic) bond motifs is 1. The minimum absolute atomic E-state index is 0.0681. The summed E-state index contributed by atoms with van der Waals surface area (Å²) in [5.41, 5.74) is 0.644. The molecule has 2 aliphatic heterocycles. The van der Waals surface area contributed by atoms with Gasteiger partial charge in [-0.25, -0.2) is 18.4 Å². The van der Waals surface area contributed by atoms with Crippen molar-refractivity contribution in [3.8, 4) is 0 Å². The molecule has 1 aromatic heterocycles. The molecule has 3 heterocycles. The molecule has 2 N–H and O–H groups in total. The Hall–Kier alpha value is -1.45. The fourth-order valence-electron chi connectivity index (χ4n) is 4.72. The Morgan fingerprint density at radius 3 is 2.97 bits per heavy atom. The predicted molar refractivity (Wildman–Crippen MR) is 111 cm³/mol. The smallest absolute Gasteiger partial charge is 0.225 e. The average molecular weight is 442 g/mol. The predicted octanol–water partition coefficient (Wildman–Crippen LogP) is 1.72. The summed E-state index contributed by atoms with van der Waals surface area (Å²) in [6.07, 6.45) is 5.91. The molecule has 5 atom stereocenters. The highest BCUT2D eigenvalue weighted by molar-refractivity contribution is 7.89. The summed E-state index contributed by atoms with van der Waals surface area (Å²) in [4.78, 5) is 21.4. The van der Waals surface area contributed by atoms with E-state index in [0.29, 0.717) is 30.5 Å². The van der Waals surface area contributed by atoms with Crippen molar-refractivity contribution in [2.45, 2.75) is 63.0 Å². The van der Waals surface area contributed by atoms with Crippen LogP contribution in [-0.4, -0.2) is 58.4 Å². The number of rotatable bonds is 5. The van der Waals surface area contributed by atoms with E-state index in [0.717, 1.165) is 25.7 Å². The highest BCUT2D eigenvalue weighted by Crippen LogP contribution is 2.36. The second-order valence-electron chi connectivity index (χ2n) is 8.44. The summed E-state index contributed by atoms with van der Waals surface area (Å²) in [5.74, 6) is 0.914. The Balaban J connectivity index is 1.40. The van der Waals surface area contributed by atoms with Crippen molar-refractivity contribution in [2.24, 2.45) is 11.8 Å². The zero-order valence-corrected chi connectivity index (χ0v) is 18.1. The number of anilines is 1. The molecule has 1 aromatic rings. The standard InChI is InChI=1S/C19H28ClN5O3S/c1-12(16-10-13-9-14(20)3-4-17(13)24-18(16)26)22-19-21-6-5-15(23-19)11-25-7-2-8-29(25,27)28/h5-6,12-14,16-17H,2-4,7-11H2,1H3,(H,24,26)(H,21,22,23)/t12-,13?,14?,16?,17?/m0/s1. The molecule has 160 valence electrons. The first-order valence-electron chi connectivity index (χ1n) is 10.3. The van der Waals surface area contributed by atoms with Crippen molar-refractivity contribution < 1.29 is 13.2 Å². The zero-order chi connectivity index (χ0) is 20.6. The lowest BCUT2D eigenvalue weighted by Crippen LogP contribution is -2.55. The second kappa shape index (κ2) is 8.35. The molecule has 8 nitrogen and oxygen atoms in total. The molecule has 3 aliphatic rings. The minimum atomic E-state index is -3.17. The van der Waals surface area contributed by atoms with Crippen LogP contribution in [0, 0.1) is 11.8 Å². The third kappa shape index (κ3) is 4.67. The molecule has 0 spiro atoms. The Kier molecular flexibility index (Phi) is 5.99. The summed E-state index contributed by atoms with van der Waals surface area (Å²) in [6.45, 7) is 2.74. The van der Waals surface area contributed by atoms with Crippen molar-refractivity contribution in [1.29, 1.82) is 0 Å². The van der Waals surface area contributed by atoms with Gasteiger partial charge < -0.3 is 10.6 Å². The maximum Gasteiger partial charge on any atom is 0.225 e. The summed E-state index contributed by atoms with van der Waals surface area (Å²) in [7, 11) is -3.17. The van der Waals surface area contributed by atoms with E-state index in [1.807, 2.05) is 6.92 Å². The van der Waals surface area contributed by atoms with Crippen molar-refractivity contribution in [3.63, 3.8) is 0 Å². The number of amides is 1. The molecular weight excluding hydrogens is 414 g/mol. The van der Waals surface area contributed by atoms with Crippen LogP contribution in [0.2, 0.25) is 0 Å². The lowest BCUT2D eigenvalue weighted by Gasteiger charge is -2.42. The summed E-state index contributed by atoms with van der Waals surface area (Å²) < 4.78 is 25.5. The summed E-state index contributed by atoms with van der Waals surface area (Å²) >= 11 is 6.34. The van der Waals surface area contributed by atoms with Crippen molar-refractivity contribution in [3.05, 3.63) is 18.0 Å². The fourth-order valence-corrected chi connectivity index (χ4v) is 6.56. The fraction of sp³-hybridized carbons (Fsp3) is 0.737. The van der Waals surface area contributed by atoms with E-state index >= 15 is 0 Å². The van der Waals surface area contributed by atoms with Gasteiger partial charge >= 0.3 is 0 Å². The van der Waals surface area contributed by atoms with Gasteiger partial charge in [0.15, 0.2) is 0 Å². The van der Waals surface area contributed by atoms with Gasteiger partial charge in [0.2, 0.25) is 21.9 Å². The third-order valence-electron chi connectivity index (χ3n) is 6.35. The molecule has 0 bridgehead atoms. The highest BCUT2D eigenvalue weighted by Gasteiger charge is 2.41. The Bertz CT molecular complexity index is 867. The van der Waals surface area contributed by atoms with Crippen LogP contribution >= 0.6 is 11.6 Å². The highest BCUT2D eigenvalue weighted by atomic mass is 35.5. The molecule has 29 heavy (non-hydrogen) atoms. The lowest BCUT2D eigenvalue weighted by molar-refractivity contribution is -0.130. The molecule has 10 heteroatoms. The quantitative estimate of drug-likeness (QED) is 0.674. The van der Waals surface area contributed by atoms with Gasteiger partial charge in [0.25, 0.3) is 0 Å². The van der Waals surface area contributed by atoms with E-state index in [-0.39, 0.29) is 41.6 Å². The van der Waals surface area contributed by atoms with E-state index in [1.165, 1.54) is 4.31 Å². The number of carbonyl (C=O) groups is 1. The molecule has 2 saturated heterocycles. The van der Waals surface area contributed by atoms with Gasteiger partial charge in [0.1, 0.15) is 0 Å². The van der Waals surface area contributed by atoms with Crippen LogP contribution in [0.25, 0.3) is 0 Å². The first kappa shape index (κ1) is 20.8. The van der Waals surface area contributed by atoms with Crippen LogP contribution in [0.5, 0.6) is 0 Å². The molecular formula is C19H28ClN5O3S. The molecule has 0 radical (unpaired) electrons. The Morgan fingerprint density at radius 1 is 1.38 bits per heavy atom. The topological polar surface area (TPSA) is 104 Å². The first-order valence-corrected chi connectivity index (χ1v) is 12.4. The van der Waals surface area contributed by atoms with Crippen LogP contribution in [0.3, 0.4) is 0 Å². The van der Waals surface area contributed by atoms with Gasteiger partial charge in [-0.1, -0.05) is 0 Å². The van der Waals surface area contributed by atoms with E-state index < -0.39 is 10.0 Å². The van der Waals surface area contributed by atoms with Gasteiger partial charge in [-0.15, -0.1) is 11.6 Å². The van der Waals surface area contributed by atoms with E-state index in [9.17, 15) is 13.2 Å². The summed E-state index contributed by atoms with van der Waals surface area (Å²) in [5, 5.41) is 6.61. The van der Waals surface area contributed by atoms with Gasteiger partial charge in [0, 0.05) is 30.2 Å². The number of piperidine rings is 1. The Labute approximate surface area is 176 Å². The number of nitrogens with one attached hydrogen (secondary N) is 2. The van der Waals surface area contributed by atoms with Gasteiger partial charge in [-0.3, -0.25) is 4.79 Å². The maximum absolute atomic E-state index is 12.6. The first-order chi connectivity index (χ1) is 13.8. The SMILES string of the molecule is C[C@H](Nc1nccc(CN2CCCS2(=O)=O)n1)C1CC2CC(Cl)CCC2NC1=O. The van der Waals surface area contributed by atoms with Crippen molar-refractivity contribution >= 4 is 33.5 Å². The van der Waals surface area contributed by atoms with Crippen LogP contribution in [0.15, 0.2) is 12.3 Å². The van der Waals surface area contributed by atoms with E-state index in [4.69, 9.17) is 11.6 Å². The molecule has 4 unspecified atom stereocenters. The zero-order valence-electron chi connectivity index (χ0n) is 16.6. The normalized spacial score (nSPS) is 33.0. The summed E-state index contributed by atoms with van der Waals surface area (Å²) in [6, 6.07) is 1.82. The number of nitrogens with zero attached hydrogens (tertiary/aromatic N) is 3. The van der Waals surface area contributed by atoms with Crippen LogP contribution in [-0.2, 0) is 21.4 Å². The number of hydrogen-bond acceptors (Lipinski definition) is 6. The average Bonchev–Trinajstić information content (AvgIpc) is 3.00. The van der Waals surface area contributed by atoms with Gasteiger partial charge in [-0.2, -0.15) is 4.31 Å². The molecule has 1 amide bonds. The lowest BCUT2D eigenvalue weighted by atomic mass is 9.74. The van der Waals surface area contributed by atoms with Gasteiger partial charge in [0.05, 0.1) is 23.9 Å². The van der Waals surface area contributed by atoms with Crippen molar-refractivity contribution in [2.75, 3.05) is 17.6 Å². The van der Waals surface area contributed by atoms with Crippen molar-refractivity contribution in [1.82, 2.24) is 19.6 Å². The number of alkyl halides is 1. The maximum atomic E-state index is 12.6. The van der Waals surface area contributed by atoms with E-state index in [1.54, 1.807) is 12.3 Å². The number of aromatic nitrogens is 2. The van der Waals surface area contributed by atoms with Crippen LogP contribution in [0.1, 0.15) is 44.7 Å². The van der Waals surface area contributed by atoms with Gasteiger partial charge in [-0.05, 0) is 51.0 Å². The van der Waals surface area contributed by atoms with E-state index in [2.05, 4.69) is 20.6 Å². The second-order valence-corrected chi connectivity index (χ2v) is 11.1. The monoisotopic (exact) mass is 441 g/mol. The number of halogens is 1. The third-order valence-corrected chi connectivity index (χ3v) is 8.65. The molecule has 3 fully saturated rings. The largest absolute Gasteiger partial charge is 0.353 e.